The summed E-state index contributed by atoms with van der Waals surface area (Å²) in [6, 6.07) is 6.06. The molecule has 1 aromatic rings. The predicted octanol–water partition coefficient (Wildman–Crippen LogP) is 2.77. The van der Waals surface area contributed by atoms with Gasteiger partial charge in [0.05, 0.1) is 17.5 Å². The molecule has 2 fully saturated rings. The Bertz CT molecular complexity index is 698. The van der Waals surface area contributed by atoms with Crippen molar-refractivity contribution in [2.45, 2.75) is 38.0 Å². The number of anilines is 1. The average Bonchev–Trinajstić information content (AvgIpc) is 2.80. The number of hydrogen-bond acceptors (Lipinski definition) is 4. The zero-order chi connectivity index (χ0) is 15.4. The molecule has 0 spiro atoms. The monoisotopic (exact) mass is 324 g/mol. The molecule has 2 aliphatic heterocycles. The van der Waals surface area contributed by atoms with Crippen LogP contribution < -0.4 is 4.90 Å². The van der Waals surface area contributed by atoms with Gasteiger partial charge in [0.25, 0.3) is 0 Å². The molecule has 0 amide bonds. The Morgan fingerprint density at radius 3 is 2.71 bits per heavy atom. The predicted molar refractivity (Wildman–Crippen MR) is 89.3 cm³/mol. The standard InChI is InChI=1S/C15H20N2O2S2/c1-9(2)11-6-4-5-10(3)14(11)17-12-7-21(18,19)8-13(12)20-15(17)16/h4-6,9,12-13,16H,7-8H2,1-3H3. The summed E-state index contributed by atoms with van der Waals surface area (Å²) >= 11 is 1.40. The van der Waals surface area contributed by atoms with Crippen LogP contribution in [-0.2, 0) is 9.84 Å². The van der Waals surface area contributed by atoms with Crippen LogP contribution in [0.3, 0.4) is 0 Å². The largest absolute Gasteiger partial charge is 0.316 e. The summed E-state index contributed by atoms with van der Waals surface area (Å²) in [4.78, 5) is 1.96. The lowest BCUT2D eigenvalue weighted by molar-refractivity contribution is 0.601. The molecule has 3 rings (SSSR count). The van der Waals surface area contributed by atoms with E-state index < -0.39 is 9.84 Å². The first-order chi connectivity index (χ1) is 9.80. The number of nitrogens with one attached hydrogen (secondary N) is 1. The molecule has 2 atom stereocenters. The number of aryl methyl sites for hydroxylation is 1. The fourth-order valence-electron chi connectivity index (χ4n) is 3.25. The molecule has 0 aromatic heterocycles. The van der Waals surface area contributed by atoms with Crippen LogP contribution in [0.5, 0.6) is 0 Å². The maximum absolute atomic E-state index is 11.9. The number of hydrogen-bond donors (Lipinski definition) is 1. The molecule has 0 saturated carbocycles. The first kappa shape index (κ1) is 14.9. The summed E-state index contributed by atoms with van der Waals surface area (Å²) in [5, 5.41) is 8.78. The minimum atomic E-state index is -2.97. The summed E-state index contributed by atoms with van der Waals surface area (Å²) in [5.74, 6) is 0.706. The van der Waals surface area contributed by atoms with Crippen LogP contribution in [0.4, 0.5) is 5.69 Å². The zero-order valence-electron chi connectivity index (χ0n) is 12.5. The first-order valence-corrected chi connectivity index (χ1v) is 9.84. The van der Waals surface area contributed by atoms with Crippen molar-refractivity contribution in [1.29, 1.82) is 5.41 Å². The van der Waals surface area contributed by atoms with Crippen LogP contribution in [0.15, 0.2) is 18.2 Å². The van der Waals surface area contributed by atoms with Crippen LogP contribution in [0.2, 0.25) is 0 Å². The Labute approximate surface area is 130 Å². The number of thioether (sulfide) groups is 1. The van der Waals surface area contributed by atoms with Crippen molar-refractivity contribution in [2.24, 2.45) is 0 Å². The van der Waals surface area contributed by atoms with E-state index in [1.807, 2.05) is 24.0 Å². The molecule has 1 aromatic carbocycles. The van der Waals surface area contributed by atoms with E-state index in [0.717, 1.165) is 11.3 Å². The van der Waals surface area contributed by atoms with Crippen molar-refractivity contribution in [3.63, 3.8) is 0 Å². The fourth-order valence-corrected chi connectivity index (χ4v) is 7.02. The van der Waals surface area contributed by atoms with Gasteiger partial charge in [0, 0.05) is 10.9 Å². The number of fused-ring (bicyclic) bond motifs is 1. The van der Waals surface area contributed by atoms with Crippen molar-refractivity contribution in [3.8, 4) is 0 Å². The van der Waals surface area contributed by atoms with Crippen LogP contribution >= 0.6 is 11.8 Å². The highest BCUT2D eigenvalue weighted by Crippen LogP contribution is 2.43. The second kappa shape index (κ2) is 5.02. The number of nitrogens with zero attached hydrogens (tertiary/aromatic N) is 1. The van der Waals surface area contributed by atoms with Crippen LogP contribution in [0.1, 0.15) is 30.9 Å². The van der Waals surface area contributed by atoms with Crippen molar-refractivity contribution >= 4 is 32.5 Å². The quantitative estimate of drug-likeness (QED) is 0.909. The molecule has 0 bridgehead atoms. The highest BCUT2D eigenvalue weighted by atomic mass is 32.2. The molecular formula is C15H20N2O2S2. The zero-order valence-corrected chi connectivity index (χ0v) is 14.1. The van der Waals surface area contributed by atoms with Gasteiger partial charge in [-0.15, -0.1) is 0 Å². The summed E-state index contributed by atoms with van der Waals surface area (Å²) in [5.41, 5.74) is 3.33. The Hall–Kier alpha value is -1.01. The van der Waals surface area contributed by atoms with E-state index in [-0.39, 0.29) is 22.8 Å². The van der Waals surface area contributed by atoms with Crippen molar-refractivity contribution < 1.29 is 8.42 Å². The number of benzene rings is 1. The SMILES string of the molecule is Cc1cccc(C(C)C)c1N1C(=N)SC2CS(=O)(=O)CC21. The molecule has 6 heteroatoms. The Balaban J connectivity index is 2.10. The van der Waals surface area contributed by atoms with E-state index in [1.54, 1.807) is 0 Å². The summed E-state index contributed by atoms with van der Waals surface area (Å²) in [7, 11) is -2.97. The lowest BCUT2D eigenvalue weighted by atomic mass is 9.96. The fraction of sp³-hybridized carbons (Fsp3) is 0.533. The molecule has 114 valence electrons. The summed E-state index contributed by atoms with van der Waals surface area (Å²) < 4.78 is 23.8. The molecule has 2 heterocycles. The lowest BCUT2D eigenvalue weighted by Gasteiger charge is -2.29. The Morgan fingerprint density at radius 1 is 1.33 bits per heavy atom. The van der Waals surface area contributed by atoms with Crippen molar-refractivity contribution in [2.75, 3.05) is 16.4 Å². The minimum Gasteiger partial charge on any atom is -0.316 e. The topological polar surface area (TPSA) is 61.2 Å². The Kier molecular flexibility index (Phi) is 3.56. The van der Waals surface area contributed by atoms with Crippen molar-refractivity contribution in [3.05, 3.63) is 29.3 Å². The normalized spacial score (nSPS) is 27.4. The average molecular weight is 324 g/mol. The molecule has 21 heavy (non-hydrogen) atoms. The maximum Gasteiger partial charge on any atom is 0.161 e. The summed E-state index contributed by atoms with van der Waals surface area (Å²) in [6.07, 6.45) is 0. The van der Waals surface area contributed by atoms with E-state index in [1.165, 1.54) is 17.3 Å². The van der Waals surface area contributed by atoms with Gasteiger partial charge in [0.2, 0.25) is 0 Å². The van der Waals surface area contributed by atoms with Gasteiger partial charge in [-0.25, -0.2) is 8.42 Å². The molecule has 0 radical (unpaired) electrons. The number of para-hydroxylation sites is 1. The molecule has 2 unspecified atom stereocenters. The van der Waals surface area contributed by atoms with E-state index in [2.05, 4.69) is 19.9 Å². The molecule has 1 N–H and O–H groups in total. The van der Waals surface area contributed by atoms with Crippen LogP contribution in [-0.4, -0.2) is 36.4 Å². The smallest absolute Gasteiger partial charge is 0.161 e. The van der Waals surface area contributed by atoms with Gasteiger partial charge in [-0.3, -0.25) is 5.41 Å². The van der Waals surface area contributed by atoms with Gasteiger partial charge < -0.3 is 4.90 Å². The van der Waals surface area contributed by atoms with Gasteiger partial charge in [-0.2, -0.15) is 0 Å². The highest BCUT2D eigenvalue weighted by Gasteiger charge is 2.49. The number of sulfone groups is 1. The lowest BCUT2D eigenvalue weighted by Crippen LogP contribution is -2.38. The minimum absolute atomic E-state index is 0.00196. The highest BCUT2D eigenvalue weighted by molar-refractivity contribution is 8.15. The van der Waals surface area contributed by atoms with E-state index in [0.29, 0.717) is 11.1 Å². The molecule has 0 aliphatic carbocycles. The molecular weight excluding hydrogens is 304 g/mol. The molecule has 4 nitrogen and oxygen atoms in total. The van der Waals surface area contributed by atoms with Crippen LogP contribution in [0, 0.1) is 12.3 Å². The molecule has 2 aliphatic rings. The van der Waals surface area contributed by atoms with Gasteiger partial charge in [-0.1, -0.05) is 43.8 Å². The van der Waals surface area contributed by atoms with E-state index >= 15 is 0 Å². The van der Waals surface area contributed by atoms with E-state index in [9.17, 15) is 8.42 Å². The van der Waals surface area contributed by atoms with Gasteiger partial charge in [-0.05, 0) is 24.0 Å². The second-order valence-corrected chi connectivity index (χ2v) is 9.52. The third kappa shape index (κ3) is 2.48. The summed E-state index contributed by atoms with van der Waals surface area (Å²) in [6.45, 7) is 6.30. The maximum atomic E-state index is 11.9. The number of amidine groups is 1. The second-order valence-electron chi connectivity index (χ2n) is 6.14. The Morgan fingerprint density at radius 2 is 2.05 bits per heavy atom. The third-order valence-corrected chi connectivity index (χ3v) is 7.35. The van der Waals surface area contributed by atoms with Gasteiger partial charge in [0.1, 0.15) is 0 Å². The third-order valence-electron chi connectivity index (χ3n) is 4.22. The van der Waals surface area contributed by atoms with Crippen molar-refractivity contribution in [1.82, 2.24) is 0 Å². The van der Waals surface area contributed by atoms with E-state index in [4.69, 9.17) is 5.41 Å². The van der Waals surface area contributed by atoms with Gasteiger partial charge >= 0.3 is 0 Å². The van der Waals surface area contributed by atoms with Crippen LogP contribution in [0.25, 0.3) is 0 Å². The number of rotatable bonds is 2. The first-order valence-electron chi connectivity index (χ1n) is 7.14. The van der Waals surface area contributed by atoms with Gasteiger partial charge in [0.15, 0.2) is 15.0 Å². The molecule has 2 saturated heterocycles.